The molecule has 4 aromatic rings. The van der Waals surface area contributed by atoms with Gasteiger partial charge in [-0.25, -0.2) is 0 Å². The van der Waals surface area contributed by atoms with Gasteiger partial charge in [0.2, 0.25) is 0 Å². The third-order valence-corrected chi connectivity index (χ3v) is 15.4. The van der Waals surface area contributed by atoms with E-state index in [-0.39, 0.29) is 38.5 Å². The van der Waals surface area contributed by atoms with Crippen LogP contribution in [0.2, 0.25) is 0 Å². The maximum absolute atomic E-state index is 12.3. The summed E-state index contributed by atoms with van der Waals surface area (Å²) in [5.74, 6) is 2.50. The van der Waals surface area contributed by atoms with Crippen molar-refractivity contribution >= 4 is 14.6 Å². The molecule has 0 radical (unpaired) electrons. The topological polar surface area (TPSA) is 74.2 Å². The van der Waals surface area contributed by atoms with Gasteiger partial charge in [0.1, 0.15) is 23.0 Å². The number of ether oxygens (including phenoxy) is 1. The zero-order valence-electron chi connectivity index (χ0n) is 51.9. The molecule has 0 atom stereocenters. The van der Waals surface area contributed by atoms with E-state index in [9.17, 15) is 9.90 Å². The van der Waals surface area contributed by atoms with Gasteiger partial charge in [0, 0.05) is 12.0 Å². The average Bonchev–Trinajstić information content (AvgIpc) is 3.31. The van der Waals surface area contributed by atoms with Crippen LogP contribution >= 0.6 is 8.60 Å². The molecule has 0 aliphatic rings. The van der Waals surface area contributed by atoms with Crippen molar-refractivity contribution in [3.8, 4) is 23.0 Å². The number of aromatic hydroxyl groups is 1. The fraction of sp³-hybridized carbons (Fsp3) is 0.638. The van der Waals surface area contributed by atoms with Crippen molar-refractivity contribution < 1.29 is 28.2 Å². The molecule has 6 nitrogen and oxygen atoms in total. The van der Waals surface area contributed by atoms with Crippen LogP contribution in [0.15, 0.2) is 78.9 Å². The first-order valence-corrected chi connectivity index (χ1v) is 30.6. The highest BCUT2D eigenvalue weighted by Gasteiger charge is 2.29. The van der Waals surface area contributed by atoms with Crippen molar-refractivity contribution in [3.63, 3.8) is 0 Å². The molecule has 4 rings (SSSR count). The van der Waals surface area contributed by atoms with Crippen LogP contribution in [-0.2, 0) is 48.4 Å². The van der Waals surface area contributed by atoms with Crippen LogP contribution in [0.25, 0.3) is 0 Å². The first kappa shape index (κ1) is 66.3. The molecule has 0 spiro atoms. The molecule has 0 unspecified atom stereocenters. The van der Waals surface area contributed by atoms with Crippen LogP contribution in [0.4, 0.5) is 0 Å². The lowest BCUT2D eigenvalue weighted by atomic mass is 9.78. The fourth-order valence-electron chi connectivity index (χ4n) is 9.14. The Morgan fingerprint density at radius 1 is 0.421 bits per heavy atom. The van der Waals surface area contributed by atoms with Gasteiger partial charge < -0.3 is 23.4 Å². The summed E-state index contributed by atoms with van der Waals surface area (Å²) in [4.78, 5) is 12.3. The molecule has 4 aromatic carbocycles. The van der Waals surface area contributed by atoms with Crippen molar-refractivity contribution in [1.82, 2.24) is 0 Å². The summed E-state index contributed by atoms with van der Waals surface area (Å²) in [6.45, 7) is 42.1. The Morgan fingerprint density at radius 3 is 1.13 bits per heavy atom. The third-order valence-electron chi connectivity index (χ3n) is 14.3. The first-order chi connectivity index (χ1) is 35.3. The van der Waals surface area contributed by atoms with Gasteiger partial charge in [-0.05, 0) is 109 Å². The van der Waals surface area contributed by atoms with Gasteiger partial charge in [-0.2, -0.15) is 0 Å². The van der Waals surface area contributed by atoms with Gasteiger partial charge in [0.05, 0.1) is 6.61 Å². The van der Waals surface area contributed by atoms with Gasteiger partial charge in [0.15, 0.2) is 0 Å². The van der Waals surface area contributed by atoms with E-state index >= 15 is 0 Å². The van der Waals surface area contributed by atoms with E-state index in [0.717, 1.165) is 52.3 Å². The summed E-state index contributed by atoms with van der Waals surface area (Å²) in [5.41, 5.74) is 7.65. The van der Waals surface area contributed by atoms with Crippen molar-refractivity contribution in [2.24, 2.45) is 0 Å². The van der Waals surface area contributed by atoms with Crippen molar-refractivity contribution in [2.45, 2.75) is 280 Å². The Labute approximate surface area is 467 Å². The van der Waals surface area contributed by atoms with Crippen LogP contribution in [0.5, 0.6) is 23.0 Å². The normalized spacial score (nSPS) is 12.6. The molecule has 0 aromatic heterocycles. The number of phenols is 1. The molecule has 0 bridgehead atoms. The van der Waals surface area contributed by atoms with Crippen LogP contribution in [0, 0.1) is 0 Å². The summed E-state index contributed by atoms with van der Waals surface area (Å²) >= 11 is 0. The van der Waals surface area contributed by atoms with Gasteiger partial charge in [-0.3, -0.25) is 4.79 Å². The second-order valence-electron chi connectivity index (χ2n) is 27.8. The van der Waals surface area contributed by atoms with E-state index in [4.69, 9.17) is 18.3 Å². The Bertz CT molecular complexity index is 2190. The molecule has 76 heavy (non-hydrogen) atoms. The zero-order chi connectivity index (χ0) is 57.0. The zero-order valence-corrected chi connectivity index (χ0v) is 52.8. The maximum atomic E-state index is 12.3. The molecular formula is C69H109O6P. The largest absolute Gasteiger partial charge is 0.530 e. The molecule has 0 aliphatic heterocycles. The molecule has 0 heterocycles. The number of carbonyl (C=O) groups is 1. The summed E-state index contributed by atoms with van der Waals surface area (Å²) in [7, 11) is -1.77. The molecule has 0 saturated heterocycles. The molecule has 426 valence electrons. The molecule has 0 amide bonds. The van der Waals surface area contributed by atoms with E-state index in [0.29, 0.717) is 25.2 Å². The van der Waals surface area contributed by atoms with Crippen LogP contribution in [0.1, 0.15) is 280 Å². The number of unbranched alkanes of at least 4 members (excludes halogenated alkanes) is 15. The SMILES string of the molecule is CC(C)(C)c1ccc(OP(Oc2ccc(C(C)(C)C)cc2)Oc2ccc(C(C)(C)C)cc2C(C)(C)C)cc1.CCCCCCCCCCCCCCCCCCOC(=O)CCc1cc(C(C)(C)C)c(O)c(C(C)(C)C)c1. The second-order valence-corrected chi connectivity index (χ2v) is 28.8. The highest BCUT2D eigenvalue weighted by Crippen LogP contribution is 2.47. The number of esters is 1. The monoisotopic (exact) mass is 1060 g/mol. The van der Waals surface area contributed by atoms with Crippen molar-refractivity contribution in [2.75, 3.05) is 6.61 Å². The van der Waals surface area contributed by atoms with E-state index in [1.807, 2.05) is 24.3 Å². The summed E-state index contributed by atoms with van der Waals surface area (Å²) in [6, 6.07) is 27.0. The van der Waals surface area contributed by atoms with E-state index in [1.54, 1.807) is 0 Å². The maximum Gasteiger partial charge on any atom is 0.530 e. The quantitative estimate of drug-likeness (QED) is 0.0384. The van der Waals surface area contributed by atoms with Crippen molar-refractivity contribution in [3.05, 3.63) is 118 Å². The third kappa shape index (κ3) is 24.3. The van der Waals surface area contributed by atoms with E-state index < -0.39 is 8.60 Å². The second kappa shape index (κ2) is 30.4. The highest BCUT2D eigenvalue weighted by molar-refractivity contribution is 7.43. The highest BCUT2D eigenvalue weighted by atomic mass is 31.2. The lowest BCUT2D eigenvalue weighted by Crippen LogP contribution is -2.18. The smallest absolute Gasteiger partial charge is 0.507 e. The Morgan fingerprint density at radius 2 is 0.776 bits per heavy atom. The number of carbonyl (C=O) groups excluding carboxylic acids is 1. The lowest BCUT2D eigenvalue weighted by Gasteiger charge is -2.28. The van der Waals surface area contributed by atoms with Crippen LogP contribution < -0.4 is 13.6 Å². The average molecular weight is 1070 g/mol. The number of benzene rings is 4. The van der Waals surface area contributed by atoms with Crippen molar-refractivity contribution in [1.29, 1.82) is 0 Å². The number of hydrogen-bond donors (Lipinski definition) is 1. The van der Waals surface area contributed by atoms with E-state index in [1.165, 1.54) is 107 Å². The Kier molecular flexibility index (Phi) is 26.5. The predicted molar refractivity (Wildman–Crippen MR) is 327 cm³/mol. The van der Waals surface area contributed by atoms with Gasteiger partial charge >= 0.3 is 14.6 Å². The number of rotatable bonds is 26. The minimum atomic E-state index is -1.77. The molecule has 7 heteroatoms. The molecular weight excluding hydrogens is 956 g/mol. The Balaban J connectivity index is 0.000000400. The number of hydrogen-bond acceptors (Lipinski definition) is 6. The lowest BCUT2D eigenvalue weighted by molar-refractivity contribution is -0.143. The number of phenolic OH excluding ortho intramolecular Hbond substituents is 1. The van der Waals surface area contributed by atoms with Gasteiger partial charge in [0.25, 0.3) is 0 Å². The fourth-order valence-corrected chi connectivity index (χ4v) is 10.2. The summed E-state index contributed by atoms with van der Waals surface area (Å²) in [5, 5.41) is 10.9. The van der Waals surface area contributed by atoms with Crippen LogP contribution in [-0.4, -0.2) is 17.7 Å². The minimum Gasteiger partial charge on any atom is -0.507 e. The minimum absolute atomic E-state index is 0.0415. The number of aryl methyl sites for hydroxylation is 1. The molecule has 0 aliphatic carbocycles. The van der Waals surface area contributed by atoms with Gasteiger partial charge in [-0.15, -0.1) is 0 Å². The standard InChI is InChI=1S/C35H62O3.C34H47O3P/c1-8-9-10-11-12-13-14-15-16-17-18-19-20-21-22-23-26-38-32(36)25-24-29-27-30(34(2,3)4)33(37)31(28-29)35(5,6)7;1-31(2,3)24-13-18-27(19-14-24)35-38(36-28-20-15-25(16-21-28)32(4,5)6)37-30-22-17-26(33(7,8)9)23-29(30)34(10,11)12/h27-28,37H,8-26H2,1-7H3;13-23H,1-12H3. The summed E-state index contributed by atoms with van der Waals surface area (Å²) in [6.07, 6.45) is 22.5. The predicted octanol–water partition coefficient (Wildman–Crippen LogP) is 21.4. The molecule has 1 N–H and O–H groups in total. The van der Waals surface area contributed by atoms with Crippen LogP contribution in [0.3, 0.4) is 0 Å². The Hall–Kier alpha value is -4.02. The molecule has 0 saturated carbocycles. The molecule has 0 fully saturated rings. The summed E-state index contributed by atoms with van der Waals surface area (Å²) < 4.78 is 24.8. The van der Waals surface area contributed by atoms with E-state index in [2.05, 4.69) is 186 Å². The van der Waals surface area contributed by atoms with Gasteiger partial charge in [-0.1, -0.05) is 276 Å². The first-order valence-electron chi connectivity index (χ1n) is 29.5.